The monoisotopic (exact) mass is 798 g/mol. The number of hydrogen-bond acceptors (Lipinski definition) is 8. The van der Waals surface area contributed by atoms with Gasteiger partial charge in [0, 0.05) is 47.0 Å². The summed E-state index contributed by atoms with van der Waals surface area (Å²) in [5.74, 6) is -0.357. The Labute approximate surface area is 348 Å². The Morgan fingerprint density at radius 2 is 1.27 bits per heavy atom. The largest absolute Gasteiger partial charge is 0.460 e. The van der Waals surface area contributed by atoms with E-state index in [2.05, 4.69) is 22.4 Å². The molecule has 0 saturated carbocycles. The molecule has 2 heterocycles. The summed E-state index contributed by atoms with van der Waals surface area (Å²) >= 11 is 0. The summed E-state index contributed by atoms with van der Waals surface area (Å²) in [5, 5.41) is 7.06. The highest BCUT2D eigenvalue weighted by molar-refractivity contribution is 5.92. The van der Waals surface area contributed by atoms with Crippen molar-refractivity contribution in [3.63, 3.8) is 0 Å². The Morgan fingerprint density at radius 3 is 1.88 bits per heavy atom. The number of unbranched alkanes of at least 4 members (excludes halogenated alkanes) is 9. The van der Waals surface area contributed by atoms with Gasteiger partial charge in [-0.1, -0.05) is 143 Å². The second-order valence-electron chi connectivity index (χ2n) is 15.6. The molecular formula is C49H58N4O6. The maximum Gasteiger partial charge on any atom is 0.377 e. The van der Waals surface area contributed by atoms with Gasteiger partial charge in [0.1, 0.15) is 17.1 Å². The number of nitrogens with zero attached hydrogens (tertiary/aromatic N) is 2. The molecule has 0 saturated heterocycles. The second kappa shape index (κ2) is 22.2. The third-order valence-corrected chi connectivity index (χ3v) is 9.60. The number of benzene rings is 3. The van der Waals surface area contributed by atoms with E-state index < -0.39 is 17.5 Å². The number of H-pyrrole nitrogens is 1. The van der Waals surface area contributed by atoms with Crippen molar-refractivity contribution in [2.45, 2.75) is 104 Å². The SMILES string of the molecule is CCCCCCCCCCCCNC(=O)/C=C/c1ccc(-c2[nH]c(-c3ccc(-c4cc(C(=O)OCC)on4)cc3)nc2-c2ccc(/C=C/C(=O)OC(C)(C)C)cc2)cc1. The molecule has 0 aliphatic heterocycles. The summed E-state index contributed by atoms with van der Waals surface area (Å²) in [6, 6.07) is 25.0. The van der Waals surface area contributed by atoms with Gasteiger partial charge in [-0.2, -0.15) is 0 Å². The van der Waals surface area contributed by atoms with Crippen LogP contribution in [0.4, 0.5) is 0 Å². The van der Waals surface area contributed by atoms with E-state index in [1.54, 1.807) is 25.1 Å². The number of amides is 1. The van der Waals surface area contributed by atoms with Crippen LogP contribution in [0.15, 0.2) is 95.5 Å². The van der Waals surface area contributed by atoms with E-state index in [0.29, 0.717) is 18.1 Å². The third-order valence-electron chi connectivity index (χ3n) is 9.60. The molecule has 5 rings (SSSR count). The molecule has 0 fully saturated rings. The normalized spacial score (nSPS) is 11.7. The Hall–Kier alpha value is -6.03. The lowest BCUT2D eigenvalue weighted by Crippen LogP contribution is -2.22. The fraction of sp³-hybridized carbons (Fsp3) is 0.367. The van der Waals surface area contributed by atoms with E-state index in [4.69, 9.17) is 19.0 Å². The first kappa shape index (κ1) is 44.1. The molecule has 0 aliphatic rings. The molecule has 0 unspecified atom stereocenters. The van der Waals surface area contributed by atoms with Crippen molar-refractivity contribution in [2.75, 3.05) is 13.2 Å². The van der Waals surface area contributed by atoms with Crippen LogP contribution >= 0.6 is 0 Å². The standard InChI is InChI=1S/C49H58N4O6/c1-6-8-9-10-11-12-13-14-15-16-33-50-43(54)31-21-35-17-23-38(24-18-35)45-46(39-25-19-36(20-26-39)22-32-44(55)58-49(3,4)5)52-47(51-45)40-29-27-37(28-30-40)41-34-42(59-53-41)48(56)57-7-2/h17-32,34H,6-16,33H2,1-5H3,(H,50,54)(H,51,52)/b31-21+,32-22+. The summed E-state index contributed by atoms with van der Waals surface area (Å²) in [4.78, 5) is 45.5. The van der Waals surface area contributed by atoms with Crippen LogP contribution in [0, 0.1) is 0 Å². The number of aromatic amines is 1. The maximum atomic E-state index is 12.5. The van der Waals surface area contributed by atoms with E-state index in [1.807, 2.05) is 99.6 Å². The van der Waals surface area contributed by atoms with Crippen LogP contribution in [-0.4, -0.2) is 51.7 Å². The van der Waals surface area contributed by atoms with Gasteiger partial charge in [-0.15, -0.1) is 0 Å². The molecule has 310 valence electrons. The Bertz CT molecular complexity index is 2150. The fourth-order valence-electron chi connectivity index (χ4n) is 6.50. The topological polar surface area (TPSA) is 136 Å². The van der Waals surface area contributed by atoms with Gasteiger partial charge >= 0.3 is 11.9 Å². The molecule has 2 N–H and O–H groups in total. The summed E-state index contributed by atoms with van der Waals surface area (Å²) in [7, 11) is 0. The van der Waals surface area contributed by atoms with Crippen molar-refractivity contribution in [1.29, 1.82) is 0 Å². The zero-order chi connectivity index (χ0) is 42.0. The average molecular weight is 799 g/mol. The molecule has 10 nitrogen and oxygen atoms in total. The number of carbonyl (C=O) groups is 3. The number of nitrogens with one attached hydrogen (secondary N) is 2. The van der Waals surface area contributed by atoms with Gasteiger partial charge < -0.3 is 24.3 Å². The number of ether oxygens (including phenoxy) is 2. The predicted molar refractivity (Wildman–Crippen MR) is 235 cm³/mol. The zero-order valence-electron chi connectivity index (χ0n) is 35.1. The highest BCUT2D eigenvalue weighted by atomic mass is 16.6. The minimum Gasteiger partial charge on any atom is -0.460 e. The zero-order valence-corrected chi connectivity index (χ0v) is 35.1. The number of aromatic nitrogens is 3. The number of imidazole rings is 1. The molecular weight excluding hydrogens is 741 g/mol. The highest BCUT2D eigenvalue weighted by Crippen LogP contribution is 2.34. The fourth-order valence-corrected chi connectivity index (χ4v) is 6.50. The lowest BCUT2D eigenvalue weighted by Gasteiger charge is -2.17. The molecule has 0 bridgehead atoms. The van der Waals surface area contributed by atoms with Crippen molar-refractivity contribution in [2.24, 2.45) is 0 Å². The van der Waals surface area contributed by atoms with Crippen molar-refractivity contribution >= 4 is 30.0 Å². The van der Waals surface area contributed by atoms with Crippen LogP contribution in [0.25, 0.3) is 57.3 Å². The van der Waals surface area contributed by atoms with Crippen LogP contribution in [0.1, 0.15) is 121 Å². The highest BCUT2D eigenvalue weighted by Gasteiger charge is 2.18. The van der Waals surface area contributed by atoms with Crippen molar-refractivity contribution in [3.05, 3.63) is 108 Å². The van der Waals surface area contributed by atoms with Gasteiger partial charge in [0.25, 0.3) is 0 Å². The van der Waals surface area contributed by atoms with Crippen LogP contribution in [-0.2, 0) is 19.1 Å². The summed E-state index contributed by atoms with van der Waals surface area (Å²) in [6.07, 6.45) is 19.2. The van der Waals surface area contributed by atoms with Crippen molar-refractivity contribution in [3.8, 4) is 45.2 Å². The first-order chi connectivity index (χ1) is 28.5. The van der Waals surface area contributed by atoms with Gasteiger partial charge in [-0.25, -0.2) is 14.6 Å². The van der Waals surface area contributed by atoms with Gasteiger partial charge in [0.15, 0.2) is 0 Å². The molecule has 2 aromatic heterocycles. The molecule has 10 heteroatoms. The van der Waals surface area contributed by atoms with Crippen LogP contribution in [0.2, 0.25) is 0 Å². The molecule has 0 atom stereocenters. The average Bonchev–Trinajstić information content (AvgIpc) is 3.91. The Morgan fingerprint density at radius 1 is 0.712 bits per heavy atom. The van der Waals surface area contributed by atoms with E-state index in [9.17, 15) is 14.4 Å². The van der Waals surface area contributed by atoms with Crippen LogP contribution in [0.3, 0.4) is 0 Å². The lowest BCUT2D eigenvalue weighted by atomic mass is 10.0. The summed E-state index contributed by atoms with van der Waals surface area (Å²) in [6.45, 7) is 10.4. The second-order valence-corrected chi connectivity index (χ2v) is 15.6. The first-order valence-corrected chi connectivity index (χ1v) is 21.0. The number of esters is 2. The van der Waals surface area contributed by atoms with Gasteiger partial charge in [0.05, 0.1) is 18.0 Å². The smallest absolute Gasteiger partial charge is 0.377 e. The number of carbonyl (C=O) groups excluding carboxylic acids is 3. The van der Waals surface area contributed by atoms with Gasteiger partial charge in [0.2, 0.25) is 11.7 Å². The summed E-state index contributed by atoms with van der Waals surface area (Å²) in [5.41, 5.74) is 6.67. The van der Waals surface area contributed by atoms with Crippen molar-refractivity contribution in [1.82, 2.24) is 20.4 Å². The Kier molecular flexibility index (Phi) is 16.6. The van der Waals surface area contributed by atoms with Crippen molar-refractivity contribution < 1.29 is 28.4 Å². The van der Waals surface area contributed by atoms with E-state index in [-0.39, 0.29) is 18.3 Å². The van der Waals surface area contributed by atoms with E-state index >= 15 is 0 Å². The number of hydrogen-bond donors (Lipinski definition) is 2. The summed E-state index contributed by atoms with van der Waals surface area (Å²) < 4.78 is 15.6. The molecule has 3 aromatic carbocycles. The number of rotatable bonds is 21. The van der Waals surface area contributed by atoms with E-state index in [0.717, 1.165) is 57.6 Å². The molecule has 0 radical (unpaired) electrons. The first-order valence-electron chi connectivity index (χ1n) is 21.0. The predicted octanol–water partition coefficient (Wildman–Crippen LogP) is 11.6. The minimum absolute atomic E-state index is 0.0435. The van der Waals surface area contributed by atoms with Gasteiger partial charge in [-0.3, -0.25) is 4.79 Å². The molecule has 59 heavy (non-hydrogen) atoms. The maximum absolute atomic E-state index is 12.5. The van der Waals surface area contributed by atoms with Crippen LogP contribution < -0.4 is 5.32 Å². The Balaban J connectivity index is 1.28. The van der Waals surface area contributed by atoms with E-state index in [1.165, 1.54) is 57.4 Å². The molecule has 5 aromatic rings. The quantitative estimate of drug-likeness (QED) is 0.0425. The molecule has 0 aliphatic carbocycles. The van der Waals surface area contributed by atoms with Crippen LogP contribution in [0.5, 0.6) is 0 Å². The minimum atomic E-state index is -0.571. The third kappa shape index (κ3) is 14.1. The molecule has 1 amide bonds. The van der Waals surface area contributed by atoms with Gasteiger partial charge in [-0.05, 0) is 57.4 Å². The molecule has 0 spiro atoms. The lowest BCUT2D eigenvalue weighted by molar-refractivity contribution is -0.148.